The van der Waals surface area contributed by atoms with Crippen LogP contribution in [0.15, 0.2) is 22.7 Å². The summed E-state index contributed by atoms with van der Waals surface area (Å²) in [5.74, 6) is 1.03. The predicted molar refractivity (Wildman–Crippen MR) is 97.9 cm³/mol. The fourth-order valence-electron chi connectivity index (χ4n) is 3.52. The van der Waals surface area contributed by atoms with E-state index in [0.29, 0.717) is 12.4 Å². The Balaban J connectivity index is 1.73. The van der Waals surface area contributed by atoms with Crippen molar-refractivity contribution in [1.29, 1.82) is 0 Å². The average Bonchev–Trinajstić information content (AvgIpc) is 3.36. The first-order chi connectivity index (χ1) is 12.6. The van der Waals surface area contributed by atoms with E-state index in [2.05, 4.69) is 22.2 Å². The van der Waals surface area contributed by atoms with Crippen LogP contribution in [0.5, 0.6) is 0 Å². The monoisotopic (exact) mass is 360 g/mol. The van der Waals surface area contributed by atoms with Crippen molar-refractivity contribution in [3.8, 4) is 0 Å². The number of hydrogen-bond acceptors (Lipinski definition) is 5. The minimum absolute atomic E-state index is 0.226. The maximum Gasteiger partial charge on any atom is 0.287 e. The van der Waals surface area contributed by atoms with Gasteiger partial charge in [-0.05, 0) is 38.1 Å². The Kier molecular flexibility index (Phi) is 6.11. The zero-order valence-corrected chi connectivity index (χ0v) is 15.8. The molecule has 1 saturated heterocycles. The van der Waals surface area contributed by atoms with Crippen molar-refractivity contribution in [2.75, 3.05) is 26.8 Å². The number of rotatable bonds is 8. The molecule has 3 heterocycles. The van der Waals surface area contributed by atoms with Gasteiger partial charge in [0.2, 0.25) is 0 Å². The van der Waals surface area contributed by atoms with E-state index in [1.54, 1.807) is 18.0 Å². The maximum absolute atomic E-state index is 12.8. The molecular formula is C19H28N4O3. The Hall–Kier alpha value is -2.12. The minimum Gasteiger partial charge on any atom is -0.456 e. The number of carbonyl (C=O) groups excluding carboxylic acids is 1. The third-order valence-electron chi connectivity index (χ3n) is 4.89. The largest absolute Gasteiger partial charge is 0.456 e. The van der Waals surface area contributed by atoms with E-state index in [9.17, 15) is 4.79 Å². The second-order valence-corrected chi connectivity index (χ2v) is 6.76. The molecule has 0 aliphatic carbocycles. The van der Waals surface area contributed by atoms with Crippen LogP contribution in [0.3, 0.4) is 0 Å². The van der Waals surface area contributed by atoms with E-state index >= 15 is 0 Å². The van der Waals surface area contributed by atoms with Gasteiger partial charge in [0.15, 0.2) is 5.76 Å². The molecule has 1 atom stereocenters. The van der Waals surface area contributed by atoms with E-state index in [0.717, 1.165) is 43.1 Å². The van der Waals surface area contributed by atoms with Gasteiger partial charge in [-0.1, -0.05) is 6.92 Å². The second kappa shape index (κ2) is 8.51. The van der Waals surface area contributed by atoms with Crippen LogP contribution in [0.25, 0.3) is 0 Å². The van der Waals surface area contributed by atoms with Crippen molar-refractivity contribution in [3.63, 3.8) is 0 Å². The fraction of sp³-hybridized carbons (Fsp3) is 0.579. The van der Waals surface area contributed by atoms with Gasteiger partial charge < -0.3 is 14.5 Å². The lowest BCUT2D eigenvalue weighted by molar-refractivity contribution is 0.0863. The van der Waals surface area contributed by atoms with Gasteiger partial charge in [-0.2, -0.15) is 5.10 Å². The molecule has 2 aromatic rings. The molecule has 7 nitrogen and oxygen atoms in total. The van der Waals surface area contributed by atoms with Gasteiger partial charge in [0, 0.05) is 38.9 Å². The van der Waals surface area contributed by atoms with E-state index in [-0.39, 0.29) is 11.9 Å². The molecule has 1 aliphatic rings. The molecule has 3 rings (SSSR count). The number of nitrogens with zero attached hydrogens (tertiary/aromatic N) is 3. The molecule has 1 unspecified atom stereocenters. The quantitative estimate of drug-likeness (QED) is 0.782. The molecule has 0 saturated carbocycles. The lowest BCUT2D eigenvalue weighted by Gasteiger charge is -2.17. The molecule has 1 aliphatic heterocycles. The number of methoxy groups -OCH3 is 1. The highest BCUT2D eigenvalue weighted by Crippen LogP contribution is 2.22. The van der Waals surface area contributed by atoms with Crippen LogP contribution in [-0.2, 0) is 24.8 Å². The lowest BCUT2D eigenvalue weighted by atomic mass is 10.2. The number of hydrogen-bond donors (Lipinski definition) is 1. The predicted octanol–water partition coefficient (Wildman–Crippen LogP) is 2.29. The molecular weight excluding hydrogens is 332 g/mol. The van der Waals surface area contributed by atoms with Crippen molar-refractivity contribution in [3.05, 3.63) is 41.1 Å². The van der Waals surface area contributed by atoms with Crippen LogP contribution in [0.2, 0.25) is 0 Å². The van der Waals surface area contributed by atoms with Gasteiger partial charge in [-0.3, -0.25) is 14.4 Å². The first-order valence-electron chi connectivity index (χ1n) is 9.24. The summed E-state index contributed by atoms with van der Waals surface area (Å²) in [6, 6.07) is 3.49. The summed E-state index contributed by atoms with van der Waals surface area (Å²) in [4.78, 5) is 15.2. The highest BCUT2D eigenvalue weighted by Gasteiger charge is 2.23. The van der Waals surface area contributed by atoms with Crippen molar-refractivity contribution in [1.82, 2.24) is 20.0 Å². The van der Waals surface area contributed by atoms with Gasteiger partial charge in [0.05, 0.1) is 18.3 Å². The molecule has 26 heavy (non-hydrogen) atoms. The summed E-state index contributed by atoms with van der Waals surface area (Å²) in [6.07, 6.45) is 4.98. The first-order valence-corrected chi connectivity index (χ1v) is 9.24. The molecule has 0 spiro atoms. The van der Waals surface area contributed by atoms with E-state index in [4.69, 9.17) is 9.15 Å². The molecule has 1 N–H and O–H groups in total. The van der Waals surface area contributed by atoms with Crippen molar-refractivity contribution < 1.29 is 13.9 Å². The summed E-state index contributed by atoms with van der Waals surface area (Å²) in [6.45, 7) is 5.51. The number of aromatic nitrogens is 2. The van der Waals surface area contributed by atoms with Crippen LogP contribution >= 0.6 is 0 Å². The van der Waals surface area contributed by atoms with E-state index in [1.807, 2.05) is 19.2 Å². The van der Waals surface area contributed by atoms with Crippen LogP contribution in [0.4, 0.5) is 0 Å². The summed E-state index contributed by atoms with van der Waals surface area (Å²) < 4.78 is 12.9. The normalized spacial score (nSPS) is 16.1. The van der Waals surface area contributed by atoms with Crippen molar-refractivity contribution >= 4 is 5.91 Å². The Morgan fingerprint density at radius 1 is 1.42 bits per heavy atom. The zero-order chi connectivity index (χ0) is 18.5. The van der Waals surface area contributed by atoms with Gasteiger partial charge in [0.1, 0.15) is 5.76 Å². The number of furan rings is 1. The standard InChI is InChI=1S/C19H28N4O3/c1-4-17-14(12-23-9-5-6-10-23)11-18(26-17)19(24)21-15(13-25-3)16-7-8-20-22(16)2/h7-8,11,15H,4-6,9-10,12-13H2,1-3H3,(H,21,24). The molecule has 142 valence electrons. The Morgan fingerprint density at radius 3 is 2.81 bits per heavy atom. The molecule has 1 fully saturated rings. The zero-order valence-electron chi connectivity index (χ0n) is 15.8. The van der Waals surface area contributed by atoms with Crippen molar-refractivity contribution in [2.24, 2.45) is 7.05 Å². The molecule has 1 amide bonds. The smallest absolute Gasteiger partial charge is 0.287 e. The average molecular weight is 360 g/mol. The van der Waals surface area contributed by atoms with Crippen molar-refractivity contribution in [2.45, 2.75) is 38.8 Å². The lowest BCUT2D eigenvalue weighted by Crippen LogP contribution is -2.32. The van der Waals surface area contributed by atoms with Crippen LogP contribution in [0, 0.1) is 0 Å². The van der Waals surface area contributed by atoms with Crippen LogP contribution in [-0.4, -0.2) is 47.4 Å². The summed E-state index contributed by atoms with van der Waals surface area (Å²) in [5.41, 5.74) is 2.00. The third kappa shape index (κ3) is 4.16. The highest BCUT2D eigenvalue weighted by molar-refractivity contribution is 5.92. The Labute approximate surface area is 154 Å². The number of nitrogens with one attached hydrogen (secondary N) is 1. The number of carbonyl (C=O) groups is 1. The van der Waals surface area contributed by atoms with Crippen LogP contribution in [0.1, 0.15) is 53.4 Å². The molecule has 0 aromatic carbocycles. The molecule has 7 heteroatoms. The SMILES string of the molecule is CCc1oc(C(=O)NC(COC)c2ccnn2C)cc1CN1CCCC1. The highest BCUT2D eigenvalue weighted by atomic mass is 16.5. The second-order valence-electron chi connectivity index (χ2n) is 6.76. The molecule has 0 bridgehead atoms. The summed E-state index contributed by atoms with van der Waals surface area (Å²) in [5, 5.41) is 7.17. The molecule has 0 radical (unpaired) electrons. The number of aryl methyl sites for hydroxylation is 2. The van der Waals surface area contributed by atoms with E-state index < -0.39 is 0 Å². The Bertz CT molecular complexity index is 731. The minimum atomic E-state index is -0.280. The Morgan fingerprint density at radius 2 is 2.19 bits per heavy atom. The number of likely N-dealkylation sites (tertiary alicyclic amines) is 1. The van der Waals surface area contributed by atoms with Gasteiger partial charge in [0.25, 0.3) is 5.91 Å². The first kappa shape index (κ1) is 18.7. The summed E-state index contributed by atoms with van der Waals surface area (Å²) >= 11 is 0. The number of amides is 1. The maximum atomic E-state index is 12.8. The van der Waals surface area contributed by atoms with Gasteiger partial charge >= 0.3 is 0 Å². The third-order valence-corrected chi connectivity index (χ3v) is 4.89. The number of ether oxygens (including phenoxy) is 1. The fourth-order valence-corrected chi connectivity index (χ4v) is 3.52. The van der Waals surface area contributed by atoms with Gasteiger partial charge in [-0.25, -0.2) is 0 Å². The summed E-state index contributed by atoms with van der Waals surface area (Å²) in [7, 11) is 3.46. The van der Waals surface area contributed by atoms with E-state index in [1.165, 1.54) is 12.8 Å². The van der Waals surface area contributed by atoms with Gasteiger partial charge in [-0.15, -0.1) is 0 Å². The molecule has 2 aromatic heterocycles. The van der Waals surface area contributed by atoms with Crippen LogP contribution < -0.4 is 5.32 Å². The topological polar surface area (TPSA) is 72.5 Å².